The summed E-state index contributed by atoms with van der Waals surface area (Å²) in [6, 6.07) is 6.12. The van der Waals surface area contributed by atoms with E-state index in [2.05, 4.69) is 17.6 Å². The third-order valence-corrected chi connectivity index (χ3v) is 6.49. The van der Waals surface area contributed by atoms with Crippen molar-refractivity contribution in [1.29, 1.82) is 0 Å². The molecule has 0 aliphatic heterocycles. The van der Waals surface area contributed by atoms with Crippen molar-refractivity contribution in [2.75, 3.05) is 11.9 Å². The molecule has 0 radical (unpaired) electrons. The maximum Gasteiger partial charge on any atom is 0.232 e. The topological polar surface area (TPSA) is 84.2 Å². The molecule has 0 saturated heterocycles. The lowest BCUT2D eigenvalue weighted by Gasteiger charge is -2.30. The standard InChI is InChI=1S/C22H33N3O2/c1-15-8-9-19(12-16(15)2)25-21(27)22(10-3-4-11-22)14-24-20(26)17-6-5-7-18(23)13-17/h8-9,12,17-18H,3-7,10-11,13-14,23H2,1-2H3,(H,24,26)(H,25,27). The number of aryl methyl sites for hydroxylation is 2. The maximum atomic E-state index is 13.1. The third kappa shape index (κ3) is 4.70. The van der Waals surface area contributed by atoms with Crippen LogP contribution in [0.3, 0.4) is 0 Å². The number of amides is 2. The number of benzene rings is 1. The third-order valence-electron chi connectivity index (χ3n) is 6.49. The highest BCUT2D eigenvalue weighted by molar-refractivity contribution is 5.96. The van der Waals surface area contributed by atoms with Crippen LogP contribution in [0.2, 0.25) is 0 Å². The van der Waals surface area contributed by atoms with E-state index >= 15 is 0 Å². The van der Waals surface area contributed by atoms with Crippen LogP contribution in [0.15, 0.2) is 18.2 Å². The van der Waals surface area contributed by atoms with E-state index in [0.29, 0.717) is 6.54 Å². The van der Waals surface area contributed by atoms with E-state index in [1.165, 1.54) is 5.56 Å². The van der Waals surface area contributed by atoms with E-state index in [1.807, 2.05) is 25.1 Å². The Labute approximate surface area is 162 Å². The molecule has 5 nitrogen and oxygen atoms in total. The van der Waals surface area contributed by atoms with Crippen molar-refractivity contribution in [3.05, 3.63) is 29.3 Å². The average molecular weight is 372 g/mol. The summed E-state index contributed by atoms with van der Waals surface area (Å²) >= 11 is 0. The number of hydrogen-bond acceptors (Lipinski definition) is 3. The zero-order valence-electron chi connectivity index (χ0n) is 16.6. The average Bonchev–Trinajstić information content (AvgIpc) is 3.13. The molecule has 0 bridgehead atoms. The predicted octanol–water partition coefficient (Wildman–Crippen LogP) is 3.44. The summed E-state index contributed by atoms with van der Waals surface area (Å²) in [6.45, 7) is 4.53. The number of carbonyl (C=O) groups is 2. The van der Waals surface area contributed by atoms with Crippen molar-refractivity contribution in [1.82, 2.24) is 5.32 Å². The predicted molar refractivity (Wildman–Crippen MR) is 108 cm³/mol. The summed E-state index contributed by atoms with van der Waals surface area (Å²) in [4.78, 5) is 25.7. The van der Waals surface area contributed by atoms with Gasteiger partial charge in [0.1, 0.15) is 0 Å². The zero-order chi connectivity index (χ0) is 19.4. The van der Waals surface area contributed by atoms with Crippen LogP contribution in [0.1, 0.15) is 62.5 Å². The number of rotatable bonds is 5. The second-order valence-electron chi connectivity index (χ2n) is 8.58. The van der Waals surface area contributed by atoms with Crippen LogP contribution in [0.4, 0.5) is 5.69 Å². The van der Waals surface area contributed by atoms with Gasteiger partial charge in [-0.2, -0.15) is 0 Å². The van der Waals surface area contributed by atoms with Crippen molar-refractivity contribution >= 4 is 17.5 Å². The fourth-order valence-electron chi connectivity index (χ4n) is 4.49. The quantitative estimate of drug-likeness (QED) is 0.741. The first-order valence-electron chi connectivity index (χ1n) is 10.3. The van der Waals surface area contributed by atoms with Gasteiger partial charge in [0, 0.05) is 24.2 Å². The number of carbonyl (C=O) groups excluding carboxylic acids is 2. The second-order valence-corrected chi connectivity index (χ2v) is 8.58. The molecule has 0 heterocycles. The van der Waals surface area contributed by atoms with Crippen LogP contribution in [-0.4, -0.2) is 24.4 Å². The summed E-state index contributed by atoms with van der Waals surface area (Å²) < 4.78 is 0. The molecule has 3 rings (SSSR count). The van der Waals surface area contributed by atoms with Crippen molar-refractivity contribution in [3.8, 4) is 0 Å². The first-order chi connectivity index (χ1) is 12.9. The van der Waals surface area contributed by atoms with Gasteiger partial charge in [-0.15, -0.1) is 0 Å². The fraction of sp³-hybridized carbons (Fsp3) is 0.636. The minimum absolute atomic E-state index is 0.00462. The van der Waals surface area contributed by atoms with Crippen LogP contribution in [0, 0.1) is 25.2 Å². The van der Waals surface area contributed by atoms with E-state index in [9.17, 15) is 9.59 Å². The molecule has 1 aromatic carbocycles. The second kappa shape index (κ2) is 8.42. The number of nitrogens with two attached hydrogens (primary N) is 1. The molecule has 1 aromatic rings. The Balaban J connectivity index is 1.63. The van der Waals surface area contributed by atoms with Crippen LogP contribution in [0.5, 0.6) is 0 Å². The van der Waals surface area contributed by atoms with E-state index in [-0.39, 0.29) is 23.8 Å². The molecule has 0 aromatic heterocycles. The van der Waals surface area contributed by atoms with E-state index in [4.69, 9.17) is 5.73 Å². The molecule has 2 fully saturated rings. The molecule has 2 amide bonds. The van der Waals surface area contributed by atoms with Gasteiger partial charge < -0.3 is 16.4 Å². The van der Waals surface area contributed by atoms with E-state index < -0.39 is 5.41 Å². The van der Waals surface area contributed by atoms with Crippen molar-refractivity contribution in [2.45, 2.75) is 71.3 Å². The van der Waals surface area contributed by atoms with Gasteiger partial charge in [0.25, 0.3) is 0 Å². The first kappa shape index (κ1) is 19.9. The number of anilines is 1. The molecule has 0 spiro atoms. The Hall–Kier alpha value is -1.88. The van der Waals surface area contributed by atoms with Gasteiger partial charge in [0.05, 0.1) is 5.41 Å². The SMILES string of the molecule is Cc1ccc(NC(=O)C2(CNC(=O)C3CCCC(N)C3)CCCC2)cc1C. The molecule has 4 N–H and O–H groups in total. The van der Waals surface area contributed by atoms with Gasteiger partial charge in [-0.05, 0) is 69.2 Å². The Morgan fingerprint density at radius 2 is 1.85 bits per heavy atom. The van der Waals surface area contributed by atoms with Crippen LogP contribution in [-0.2, 0) is 9.59 Å². The Morgan fingerprint density at radius 3 is 2.52 bits per heavy atom. The molecule has 2 saturated carbocycles. The fourth-order valence-corrected chi connectivity index (χ4v) is 4.49. The Bertz CT molecular complexity index is 695. The van der Waals surface area contributed by atoms with Gasteiger partial charge in [0.15, 0.2) is 0 Å². The van der Waals surface area contributed by atoms with E-state index in [1.54, 1.807) is 0 Å². The van der Waals surface area contributed by atoms with Gasteiger partial charge in [-0.1, -0.05) is 25.3 Å². The minimum atomic E-state index is -0.495. The lowest BCUT2D eigenvalue weighted by molar-refractivity contribution is -0.129. The van der Waals surface area contributed by atoms with Gasteiger partial charge >= 0.3 is 0 Å². The first-order valence-corrected chi connectivity index (χ1v) is 10.3. The smallest absolute Gasteiger partial charge is 0.232 e. The van der Waals surface area contributed by atoms with Crippen molar-refractivity contribution < 1.29 is 9.59 Å². The zero-order valence-corrected chi connectivity index (χ0v) is 16.6. The summed E-state index contributed by atoms with van der Waals surface area (Å²) in [6.07, 6.45) is 7.40. The monoisotopic (exact) mass is 371 g/mol. The lowest BCUT2D eigenvalue weighted by atomic mass is 9.83. The van der Waals surface area contributed by atoms with Crippen molar-refractivity contribution in [2.24, 2.45) is 17.1 Å². The molecular formula is C22H33N3O2. The molecule has 2 unspecified atom stereocenters. The molecule has 2 aliphatic rings. The summed E-state index contributed by atoms with van der Waals surface area (Å²) in [5, 5.41) is 6.18. The van der Waals surface area contributed by atoms with Gasteiger partial charge in [-0.3, -0.25) is 9.59 Å². The van der Waals surface area contributed by atoms with Crippen LogP contribution >= 0.6 is 0 Å². The number of nitrogens with one attached hydrogen (secondary N) is 2. The van der Waals surface area contributed by atoms with Crippen LogP contribution < -0.4 is 16.4 Å². The summed E-state index contributed by atoms with van der Waals surface area (Å²) in [5.41, 5.74) is 8.73. The Kier molecular flexibility index (Phi) is 6.20. The van der Waals surface area contributed by atoms with Crippen molar-refractivity contribution in [3.63, 3.8) is 0 Å². The number of hydrogen-bond donors (Lipinski definition) is 3. The van der Waals surface area contributed by atoms with Gasteiger partial charge in [0.2, 0.25) is 11.8 Å². The highest BCUT2D eigenvalue weighted by Crippen LogP contribution is 2.39. The summed E-state index contributed by atoms with van der Waals surface area (Å²) in [5.74, 6) is 0.0920. The highest BCUT2D eigenvalue weighted by atomic mass is 16.2. The highest BCUT2D eigenvalue weighted by Gasteiger charge is 2.42. The molecule has 5 heteroatoms. The lowest BCUT2D eigenvalue weighted by Crippen LogP contribution is -2.46. The maximum absolute atomic E-state index is 13.1. The molecule has 27 heavy (non-hydrogen) atoms. The molecule has 2 aliphatic carbocycles. The largest absolute Gasteiger partial charge is 0.355 e. The van der Waals surface area contributed by atoms with E-state index in [0.717, 1.165) is 62.6 Å². The minimum Gasteiger partial charge on any atom is -0.355 e. The molecule has 2 atom stereocenters. The summed E-state index contributed by atoms with van der Waals surface area (Å²) in [7, 11) is 0. The molecular weight excluding hydrogens is 338 g/mol. The molecule has 148 valence electrons. The Morgan fingerprint density at radius 1 is 1.11 bits per heavy atom. The normalized spacial score (nSPS) is 24.4. The van der Waals surface area contributed by atoms with Crippen LogP contribution in [0.25, 0.3) is 0 Å². The van der Waals surface area contributed by atoms with Gasteiger partial charge in [-0.25, -0.2) is 0 Å².